The average molecular weight is 340 g/mol. The molecule has 2 aromatic rings. The molecule has 1 aromatic heterocycles. The zero-order valence-electron chi connectivity index (χ0n) is 15.3. The third kappa shape index (κ3) is 3.44. The Kier molecular flexibility index (Phi) is 4.77. The molecule has 0 aliphatic carbocycles. The second-order valence-corrected chi connectivity index (χ2v) is 7.40. The van der Waals surface area contributed by atoms with Gasteiger partial charge in [0.15, 0.2) is 0 Å². The quantitative estimate of drug-likeness (QED) is 0.838. The maximum absolute atomic E-state index is 5.44. The number of hydrogen-bond donors (Lipinski definition) is 0. The fourth-order valence-corrected chi connectivity index (χ4v) is 4.19. The standard InChI is InChI=1S/C20H28N4O/c1-16-7-5-6-10-23(16)18-14-22(15-18)12-17-11-21-24(13-17)19-8-3-4-9-20(19)25-2/h3-4,8-9,11,13,16,18H,5-7,10,12,14-15H2,1-2H3/t16-/m0/s1. The van der Waals surface area contributed by atoms with Gasteiger partial charge in [-0.2, -0.15) is 5.10 Å². The van der Waals surface area contributed by atoms with Gasteiger partial charge in [-0.15, -0.1) is 0 Å². The molecular formula is C20H28N4O. The van der Waals surface area contributed by atoms with Crippen LogP contribution in [0, 0.1) is 0 Å². The number of hydrogen-bond acceptors (Lipinski definition) is 4. The van der Waals surface area contributed by atoms with Gasteiger partial charge in [0.05, 0.1) is 13.3 Å². The van der Waals surface area contributed by atoms with Crippen molar-refractivity contribution >= 4 is 0 Å². The number of para-hydroxylation sites is 2. The first-order valence-electron chi connectivity index (χ1n) is 9.39. The summed E-state index contributed by atoms with van der Waals surface area (Å²) in [6.45, 7) is 7.02. The molecule has 5 nitrogen and oxygen atoms in total. The van der Waals surface area contributed by atoms with Crippen LogP contribution in [0.2, 0.25) is 0 Å². The monoisotopic (exact) mass is 340 g/mol. The van der Waals surface area contributed by atoms with Crippen LogP contribution in [0.15, 0.2) is 36.7 Å². The SMILES string of the molecule is COc1ccccc1-n1cc(CN2CC(N3CCCC[C@@H]3C)C2)cn1. The van der Waals surface area contributed by atoms with Crippen LogP contribution < -0.4 is 4.74 Å². The van der Waals surface area contributed by atoms with Gasteiger partial charge in [-0.25, -0.2) is 4.68 Å². The molecule has 4 rings (SSSR count). The number of methoxy groups -OCH3 is 1. The van der Waals surface area contributed by atoms with E-state index in [1.165, 1.54) is 44.5 Å². The average Bonchev–Trinajstić information content (AvgIpc) is 3.07. The van der Waals surface area contributed by atoms with E-state index in [0.29, 0.717) is 0 Å². The third-order valence-electron chi connectivity index (χ3n) is 5.64. The van der Waals surface area contributed by atoms with Gasteiger partial charge in [-0.1, -0.05) is 18.6 Å². The van der Waals surface area contributed by atoms with Gasteiger partial charge in [0.2, 0.25) is 0 Å². The van der Waals surface area contributed by atoms with E-state index >= 15 is 0 Å². The van der Waals surface area contributed by atoms with Gasteiger partial charge < -0.3 is 4.74 Å². The lowest BCUT2D eigenvalue weighted by molar-refractivity contribution is -0.00620. The molecule has 5 heteroatoms. The zero-order chi connectivity index (χ0) is 17.2. The van der Waals surface area contributed by atoms with E-state index in [1.54, 1.807) is 7.11 Å². The maximum atomic E-state index is 5.44. The molecule has 3 heterocycles. The molecule has 134 valence electrons. The molecule has 1 aromatic carbocycles. The number of aromatic nitrogens is 2. The van der Waals surface area contributed by atoms with Crippen molar-refractivity contribution in [3.63, 3.8) is 0 Å². The van der Waals surface area contributed by atoms with Crippen molar-refractivity contribution in [1.82, 2.24) is 19.6 Å². The Labute approximate surface area is 150 Å². The molecule has 2 saturated heterocycles. The summed E-state index contributed by atoms with van der Waals surface area (Å²) in [6, 6.07) is 9.51. The number of likely N-dealkylation sites (tertiary alicyclic amines) is 2. The van der Waals surface area contributed by atoms with Crippen LogP contribution in [0.3, 0.4) is 0 Å². The van der Waals surface area contributed by atoms with Crippen molar-refractivity contribution in [2.24, 2.45) is 0 Å². The molecule has 2 aliphatic rings. The Morgan fingerprint density at radius 2 is 2.04 bits per heavy atom. The number of rotatable bonds is 5. The van der Waals surface area contributed by atoms with Gasteiger partial charge in [-0.3, -0.25) is 9.80 Å². The van der Waals surface area contributed by atoms with Crippen LogP contribution in [0.1, 0.15) is 31.7 Å². The molecule has 2 aliphatic heterocycles. The van der Waals surface area contributed by atoms with Gasteiger partial charge in [0.25, 0.3) is 0 Å². The minimum atomic E-state index is 0.750. The largest absolute Gasteiger partial charge is 0.494 e. The lowest BCUT2D eigenvalue weighted by Crippen LogP contribution is -2.61. The molecule has 0 radical (unpaired) electrons. The summed E-state index contributed by atoms with van der Waals surface area (Å²) in [5.41, 5.74) is 2.25. The lowest BCUT2D eigenvalue weighted by atomic mass is 9.97. The highest BCUT2D eigenvalue weighted by atomic mass is 16.5. The van der Waals surface area contributed by atoms with Crippen LogP contribution in [-0.2, 0) is 6.54 Å². The zero-order valence-corrected chi connectivity index (χ0v) is 15.3. The molecule has 1 atom stereocenters. The van der Waals surface area contributed by atoms with Crippen molar-refractivity contribution in [2.75, 3.05) is 26.7 Å². The molecule has 0 unspecified atom stereocenters. The number of nitrogens with zero attached hydrogens (tertiary/aromatic N) is 4. The topological polar surface area (TPSA) is 33.5 Å². The van der Waals surface area contributed by atoms with E-state index in [4.69, 9.17) is 4.74 Å². The van der Waals surface area contributed by atoms with Crippen molar-refractivity contribution in [2.45, 2.75) is 44.8 Å². The smallest absolute Gasteiger partial charge is 0.144 e. The van der Waals surface area contributed by atoms with E-state index in [1.807, 2.05) is 35.1 Å². The Balaban J connectivity index is 1.35. The summed E-state index contributed by atoms with van der Waals surface area (Å²) in [5, 5.41) is 4.53. The predicted octanol–water partition coefficient (Wildman–Crippen LogP) is 2.94. The molecule has 0 N–H and O–H groups in total. The highest BCUT2D eigenvalue weighted by Crippen LogP contribution is 2.26. The second-order valence-electron chi connectivity index (χ2n) is 7.40. The summed E-state index contributed by atoms with van der Waals surface area (Å²) >= 11 is 0. The molecular weight excluding hydrogens is 312 g/mol. The van der Waals surface area contributed by atoms with Crippen LogP contribution in [0.4, 0.5) is 0 Å². The molecule has 0 spiro atoms. The van der Waals surface area contributed by atoms with Crippen molar-refractivity contribution in [1.29, 1.82) is 0 Å². The summed E-state index contributed by atoms with van der Waals surface area (Å²) in [4.78, 5) is 5.24. The third-order valence-corrected chi connectivity index (χ3v) is 5.64. The molecule has 0 bridgehead atoms. The van der Waals surface area contributed by atoms with E-state index in [2.05, 4.69) is 28.0 Å². The summed E-state index contributed by atoms with van der Waals surface area (Å²) in [5.74, 6) is 0.847. The second kappa shape index (κ2) is 7.18. The van der Waals surface area contributed by atoms with Crippen LogP contribution >= 0.6 is 0 Å². The number of piperidine rings is 1. The minimum Gasteiger partial charge on any atom is -0.494 e. The lowest BCUT2D eigenvalue weighted by Gasteiger charge is -2.49. The Morgan fingerprint density at radius 1 is 1.20 bits per heavy atom. The van der Waals surface area contributed by atoms with Gasteiger partial charge >= 0.3 is 0 Å². The first-order chi connectivity index (χ1) is 12.2. The van der Waals surface area contributed by atoms with Crippen LogP contribution in [-0.4, -0.2) is 58.4 Å². The fourth-order valence-electron chi connectivity index (χ4n) is 4.19. The molecule has 0 saturated carbocycles. The normalized spacial score (nSPS) is 22.7. The Bertz CT molecular complexity index is 707. The predicted molar refractivity (Wildman–Crippen MR) is 99.2 cm³/mol. The van der Waals surface area contributed by atoms with E-state index in [-0.39, 0.29) is 0 Å². The first kappa shape index (κ1) is 16.6. The molecule has 0 amide bonds. The van der Waals surface area contributed by atoms with Gasteiger partial charge in [0.1, 0.15) is 11.4 Å². The van der Waals surface area contributed by atoms with Gasteiger partial charge in [-0.05, 0) is 38.4 Å². The molecule has 25 heavy (non-hydrogen) atoms. The van der Waals surface area contributed by atoms with Gasteiger partial charge in [0, 0.05) is 43.5 Å². The summed E-state index contributed by atoms with van der Waals surface area (Å²) in [7, 11) is 1.70. The first-order valence-corrected chi connectivity index (χ1v) is 9.39. The van der Waals surface area contributed by atoms with Crippen LogP contribution in [0.5, 0.6) is 5.75 Å². The number of ether oxygens (including phenoxy) is 1. The van der Waals surface area contributed by atoms with E-state index in [9.17, 15) is 0 Å². The number of benzene rings is 1. The van der Waals surface area contributed by atoms with Crippen molar-refractivity contribution in [3.8, 4) is 11.4 Å². The summed E-state index contributed by atoms with van der Waals surface area (Å²) < 4.78 is 7.35. The Morgan fingerprint density at radius 3 is 2.84 bits per heavy atom. The fraction of sp³-hybridized carbons (Fsp3) is 0.550. The van der Waals surface area contributed by atoms with Crippen LogP contribution in [0.25, 0.3) is 5.69 Å². The highest BCUT2D eigenvalue weighted by Gasteiger charge is 2.34. The maximum Gasteiger partial charge on any atom is 0.144 e. The van der Waals surface area contributed by atoms with E-state index in [0.717, 1.165) is 30.1 Å². The summed E-state index contributed by atoms with van der Waals surface area (Å²) in [6.07, 6.45) is 8.23. The van der Waals surface area contributed by atoms with E-state index < -0.39 is 0 Å². The highest BCUT2D eigenvalue weighted by molar-refractivity contribution is 5.46. The van der Waals surface area contributed by atoms with Crippen molar-refractivity contribution in [3.05, 3.63) is 42.2 Å². The Hall–Kier alpha value is -1.85. The minimum absolute atomic E-state index is 0.750. The molecule has 2 fully saturated rings. The van der Waals surface area contributed by atoms with Crippen molar-refractivity contribution < 1.29 is 4.74 Å².